The van der Waals surface area contributed by atoms with Crippen LogP contribution in [0.1, 0.15) is 24.8 Å². The van der Waals surface area contributed by atoms with Crippen LogP contribution in [0, 0.1) is 22.0 Å². The molecule has 160 valence electrons. The fourth-order valence-electron chi connectivity index (χ4n) is 3.72. The second kappa shape index (κ2) is 9.45. The molecule has 0 saturated heterocycles. The van der Waals surface area contributed by atoms with Crippen LogP contribution in [0.25, 0.3) is 0 Å². The number of hydrogen-bond acceptors (Lipinski definition) is 8. The molecule has 0 bridgehead atoms. The number of hydrogen-bond donors (Lipinski definition) is 1. The van der Waals surface area contributed by atoms with Crippen molar-refractivity contribution in [1.29, 1.82) is 0 Å². The second-order valence-corrected chi connectivity index (χ2v) is 7.17. The van der Waals surface area contributed by atoms with Crippen molar-refractivity contribution < 1.29 is 33.9 Å². The summed E-state index contributed by atoms with van der Waals surface area (Å²) in [7, 11) is 0. The standard InChI is InChI=1S/C21H23NO8/c1-4-9-29-19(24)17-15(23)12-21(3,26)18(20(25)30-10-5-2)16(17)13-7-6-8-14(11-13)22(27)28/h4-8,11,16-18,26H,1-2,9-10,12H2,3H3/t16-,17-,18-,21+/m1/s1. The summed E-state index contributed by atoms with van der Waals surface area (Å²) in [4.78, 5) is 48.9. The average molecular weight is 417 g/mol. The van der Waals surface area contributed by atoms with Crippen LogP contribution < -0.4 is 0 Å². The molecule has 0 unspecified atom stereocenters. The molecule has 1 fully saturated rings. The Hall–Kier alpha value is -3.33. The number of Topliss-reactive ketones (excluding diaryl/α,β-unsaturated/α-hetero) is 1. The van der Waals surface area contributed by atoms with Crippen molar-refractivity contribution in [2.24, 2.45) is 11.8 Å². The molecule has 0 amide bonds. The third-order valence-corrected chi connectivity index (χ3v) is 4.93. The minimum Gasteiger partial charge on any atom is -0.461 e. The molecule has 1 aliphatic carbocycles. The van der Waals surface area contributed by atoms with Crippen molar-refractivity contribution in [3.63, 3.8) is 0 Å². The zero-order valence-electron chi connectivity index (χ0n) is 16.5. The molecule has 2 rings (SSSR count). The van der Waals surface area contributed by atoms with E-state index in [4.69, 9.17) is 9.47 Å². The number of ketones is 1. The predicted octanol–water partition coefficient (Wildman–Crippen LogP) is 2.09. The maximum Gasteiger partial charge on any atom is 0.317 e. The van der Waals surface area contributed by atoms with E-state index in [1.807, 2.05) is 0 Å². The smallest absolute Gasteiger partial charge is 0.317 e. The number of nitro benzene ring substituents is 1. The lowest BCUT2D eigenvalue weighted by Crippen LogP contribution is -2.55. The molecule has 0 radical (unpaired) electrons. The number of nitrogens with zero attached hydrogens (tertiary/aromatic N) is 1. The SMILES string of the molecule is C=CCOC(=O)[C@@H]1C(=O)C[C@](C)(O)[C@@H](C(=O)OCC=C)[C@@H]1c1cccc([N+](=O)[O-])c1. The van der Waals surface area contributed by atoms with Gasteiger partial charge in [0.2, 0.25) is 0 Å². The molecule has 1 aromatic rings. The molecule has 0 aromatic heterocycles. The van der Waals surface area contributed by atoms with E-state index in [-0.39, 0.29) is 24.5 Å². The van der Waals surface area contributed by atoms with Gasteiger partial charge in [0.05, 0.1) is 16.4 Å². The zero-order chi connectivity index (χ0) is 22.5. The molecule has 0 aliphatic heterocycles. The van der Waals surface area contributed by atoms with Crippen LogP contribution in [0.15, 0.2) is 49.6 Å². The molecule has 4 atom stereocenters. The van der Waals surface area contributed by atoms with Crippen LogP contribution in [0.3, 0.4) is 0 Å². The summed E-state index contributed by atoms with van der Waals surface area (Å²) in [6, 6.07) is 5.23. The normalized spacial score (nSPS) is 25.8. The van der Waals surface area contributed by atoms with E-state index in [0.29, 0.717) is 0 Å². The van der Waals surface area contributed by atoms with Crippen LogP contribution in [0.2, 0.25) is 0 Å². The van der Waals surface area contributed by atoms with E-state index in [9.17, 15) is 29.6 Å². The van der Waals surface area contributed by atoms with Crippen LogP contribution in [0.4, 0.5) is 5.69 Å². The van der Waals surface area contributed by atoms with Gasteiger partial charge in [-0.15, -0.1) is 0 Å². The molecule has 1 aliphatic rings. The van der Waals surface area contributed by atoms with E-state index in [2.05, 4.69) is 13.2 Å². The predicted molar refractivity (Wildman–Crippen MR) is 105 cm³/mol. The third kappa shape index (κ3) is 4.80. The number of esters is 2. The summed E-state index contributed by atoms with van der Waals surface area (Å²) in [6.45, 7) is 7.89. The van der Waals surface area contributed by atoms with Gasteiger partial charge in [0.25, 0.3) is 5.69 Å². The third-order valence-electron chi connectivity index (χ3n) is 4.93. The average Bonchev–Trinajstić information content (AvgIpc) is 2.69. The Labute approximate surface area is 173 Å². The summed E-state index contributed by atoms with van der Waals surface area (Å²) in [6.07, 6.45) is 2.17. The lowest BCUT2D eigenvalue weighted by atomic mass is 9.61. The summed E-state index contributed by atoms with van der Waals surface area (Å²) in [5.74, 6) is -6.43. The minimum absolute atomic E-state index is 0.146. The van der Waals surface area contributed by atoms with Gasteiger partial charge in [-0.3, -0.25) is 24.5 Å². The molecule has 1 saturated carbocycles. The summed E-state index contributed by atoms with van der Waals surface area (Å²) < 4.78 is 10.2. The fourth-order valence-corrected chi connectivity index (χ4v) is 3.72. The Morgan fingerprint density at radius 3 is 2.43 bits per heavy atom. The molecular formula is C21H23NO8. The van der Waals surface area contributed by atoms with E-state index >= 15 is 0 Å². The fraction of sp³-hybridized carbons (Fsp3) is 0.381. The Morgan fingerprint density at radius 2 is 1.87 bits per heavy atom. The molecule has 0 heterocycles. The first kappa shape index (κ1) is 23.0. The van der Waals surface area contributed by atoms with Gasteiger partial charge in [0.15, 0.2) is 5.78 Å². The van der Waals surface area contributed by atoms with Gasteiger partial charge in [0, 0.05) is 24.5 Å². The highest BCUT2D eigenvalue weighted by molar-refractivity contribution is 6.02. The van der Waals surface area contributed by atoms with Crippen molar-refractivity contribution in [3.05, 3.63) is 65.3 Å². The van der Waals surface area contributed by atoms with E-state index in [0.717, 1.165) is 0 Å². The number of carbonyl (C=O) groups excluding carboxylic acids is 3. The van der Waals surface area contributed by atoms with Crippen LogP contribution >= 0.6 is 0 Å². The van der Waals surface area contributed by atoms with E-state index < -0.39 is 52.4 Å². The number of non-ortho nitro benzene ring substituents is 1. The van der Waals surface area contributed by atoms with Crippen molar-refractivity contribution in [2.75, 3.05) is 13.2 Å². The molecule has 9 heteroatoms. The van der Waals surface area contributed by atoms with Gasteiger partial charge in [-0.2, -0.15) is 0 Å². The molecular weight excluding hydrogens is 394 g/mol. The lowest BCUT2D eigenvalue weighted by molar-refractivity contribution is -0.385. The zero-order valence-corrected chi connectivity index (χ0v) is 16.5. The Morgan fingerprint density at radius 1 is 1.27 bits per heavy atom. The summed E-state index contributed by atoms with van der Waals surface area (Å²) >= 11 is 0. The molecule has 0 spiro atoms. The number of aliphatic hydroxyl groups is 1. The van der Waals surface area contributed by atoms with Gasteiger partial charge in [-0.05, 0) is 12.5 Å². The largest absolute Gasteiger partial charge is 0.461 e. The maximum atomic E-state index is 12.8. The van der Waals surface area contributed by atoms with Crippen LogP contribution in [-0.4, -0.2) is 46.6 Å². The first-order valence-corrected chi connectivity index (χ1v) is 9.18. The van der Waals surface area contributed by atoms with Crippen molar-refractivity contribution in [3.8, 4) is 0 Å². The highest BCUT2D eigenvalue weighted by Gasteiger charge is 2.57. The molecule has 9 nitrogen and oxygen atoms in total. The number of benzene rings is 1. The highest BCUT2D eigenvalue weighted by Crippen LogP contribution is 2.47. The maximum absolute atomic E-state index is 12.8. The first-order valence-electron chi connectivity index (χ1n) is 9.18. The van der Waals surface area contributed by atoms with Gasteiger partial charge < -0.3 is 14.6 Å². The molecule has 30 heavy (non-hydrogen) atoms. The van der Waals surface area contributed by atoms with Gasteiger partial charge >= 0.3 is 11.9 Å². The Kier molecular flexibility index (Phi) is 7.23. The Balaban J connectivity index is 2.64. The van der Waals surface area contributed by atoms with Crippen molar-refractivity contribution in [2.45, 2.75) is 24.9 Å². The lowest BCUT2D eigenvalue weighted by Gasteiger charge is -2.43. The van der Waals surface area contributed by atoms with Crippen molar-refractivity contribution >= 4 is 23.4 Å². The van der Waals surface area contributed by atoms with Gasteiger partial charge in [0.1, 0.15) is 19.1 Å². The minimum atomic E-state index is -1.85. The monoisotopic (exact) mass is 417 g/mol. The molecule has 1 aromatic carbocycles. The Bertz CT molecular complexity index is 876. The van der Waals surface area contributed by atoms with Crippen molar-refractivity contribution in [1.82, 2.24) is 0 Å². The van der Waals surface area contributed by atoms with Gasteiger partial charge in [-0.1, -0.05) is 37.4 Å². The second-order valence-electron chi connectivity index (χ2n) is 7.17. The van der Waals surface area contributed by atoms with Crippen LogP contribution in [0.5, 0.6) is 0 Å². The highest BCUT2D eigenvalue weighted by atomic mass is 16.6. The number of nitro groups is 1. The summed E-state index contributed by atoms with van der Waals surface area (Å²) in [5, 5.41) is 22.1. The van der Waals surface area contributed by atoms with Crippen LogP contribution in [-0.2, 0) is 23.9 Å². The van der Waals surface area contributed by atoms with Gasteiger partial charge in [-0.25, -0.2) is 0 Å². The number of rotatable bonds is 8. The van der Waals surface area contributed by atoms with E-state index in [1.54, 1.807) is 0 Å². The molecule has 1 N–H and O–H groups in total. The number of ether oxygens (including phenoxy) is 2. The quantitative estimate of drug-likeness (QED) is 0.223. The first-order chi connectivity index (χ1) is 14.1. The number of carbonyl (C=O) groups is 3. The van der Waals surface area contributed by atoms with E-state index in [1.165, 1.54) is 43.3 Å². The summed E-state index contributed by atoms with van der Waals surface area (Å²) in [5.41, 5.74) is -1.97. The topological polar surface area (TPSA) is 133 Å².